The minimum Gasteiger partial charge on any atom is -0.493 e. The third-order valence-corrected chi connectivity index (χ3v) is 5.23. The van der Waals surface area contributed by atoms with Crippen LogP contribution in [0, 0.1) is 0 Å². The Bertz CT molecular complexity index is 898. The number of nitrogens with zero attached hydrogens (tertiary/aromatic N) is 2. The highest BCUT2D eigenvalue weighted by Crippen LogP contribution is 2.27. The molecule has 30 heavy (non-hydrogen) atoms. The van der Waals surface area contributed by atoms with Gasteiger partial charge in [-0.3, -0.25) is 9.79 Å². The van der Waals surface area contributed by atoms with Crippen LogP contribution in [0.1, 0.15) is 29.5 Å². The van der Waals surface area contributed by atoms with Crippen LogP contribution in [0.4, 0.5) is 0 Å². The van der Waals surface area contributed by atoms with Gasteiger partial charge in [-0.2, -0.15) is 0 Å². The van der Waals surface area contributed by atoms with Gasteiger partial charge in [0, 0.05) is 39.6 Å². The van der Waals surface area contributed by atoms with Crippen LogP contribution < -0.4 is 20.1 Å². The van der Waals surface area contributed by atoms with Crippen molar-refractivity contribution in [3.63, 3.8) is 0 Å². The van der Waals surface area contributed by atoms with Crippen molar-refractivity contribution in [2.24, 2.45) is 4.99 Å². The molecule has 7 nitrogen and oxygen atoms in total. The van der Waals surface area contributed by atoms with Crippen molar-refractivity contribution >= 4 is 11.9 Å². The van der Waals surface area contributed by atoms with Crippen molar-refractivity contribution in [3.05, 3.63) is 59.2 Å². The molecular formula is C23H30N4O3. The number of aliphatic imine (C=N–C) groups is 1. The number of methoxy groups -OCH3 is 2. The predicted octanol–water partition coefficient (Wildman–Crippen LogP) is 2.69. The van der Waals surface area contributed by atoms with Crippen LogP contribution in [0.3, 0.4) is 0 Å². The third kappa shape index (κ3) is 5.43. The quantitative estimate of drug-likeness (QED) is 0.517. The van der Waals surface area contributed by atoms with Gasteiger partial charge in [0.15, 0.2) is 17.5 Å². The first-order valence-electron chi connectivity index (χ1n) is 10.1. The number of carbonyl (C=O) groups excluding carboxylic acids is 1. The Balaban J connectivity index is 1.58. The first-order valence-corrected chi connectivity index (χ1v) is 10.1. The highest BCUT2D eigenvalue weighted by atomic mass is 16.5. The number of benzene rings is 2. The molecule has 3 rings (SSSR count). The number of ether oxygens (including phenoxy) is 2. The first-order chi connectivity index (χ1) is 14.6. The molecule has 2 N–H and O–H groups in total. The zero-order chi connectivity index (χ0) is 21.3. The second-order valence-corrected chi connectivity index (χ2v) is 7.16. The molecule has 160 valence electrons. The largest absolute Gasteiger partial charge is 0.493 e. The van der Waals surface area contributed by atoms with Crippen LogP contribution in [-0.4, -0.2) is 44.6 Å². The van der Waals surface area contributed by atoms with Crippen molar-refractivity contribution in [2.75, 3.05) is 27.8 Å². The van der Waals surface area contributed by atoms with Crippen LogP contribution in [0.15, 0.2) is 47.5 Å². The van der Waals surface area contributed by atoms with E-state index in [9.17, 15) is 4.79 Å². The topological polar surface area (TPSA) is 75.2 Å². The molecule has 0 unspecified atom stereocenters. The number of amides is 1. The van der Waals surface area contributed by atoms with E-state index < -0.39 is 0 Å². The summed E-state index contributed by atoms with van der Waals surface area (Å²) in [5.41, 5.74) is 3.38. The molecule has 1 fully saturated rings. The van der Waals surface area contributed by atoms with E-state index in [0.29, 0.717) is 43.5 Å². The number of hydrogen-bond acceptors (Lipinski definition) is 4. The third-order valence-electron chi connectivity index (χ3n) is 5.23. The van der Waals surface area contributed by atoms with Crippen LogP contribution in [0.25, 0.3) is 0 Å². The number of guanidine groups is 1. The van der Waals surface area contributed by atoms with Gasteiger partial charge in [0.1, 0.15) is 0 Å². The molecule has 0 spiro atoms. The van der Waals surface area contributed by atoms with Crippen molar-refractivity contribution < 1.29 is 14.3 Å². The van der Waals surface area contributed by atoms with Gasteiger partial charge in [0.25, 0.3) is 0 Å². The summed E-state index contributed by atoms with van der Waals surface area (Å²) in [6, 6.07) is 14.0. The van der Waals surface area contributed by atoms with Crippen LogP contribution >= 0.6 is 0 Å². The van der Waals surface area contributed by atoms with Gasteiger partial charge in [-0.1, -0.05) is 30.3 Å². The summed E-state index contributed by atoms with van der Waals surface area (Å²) >= 11 is 0. The second kappa shape index (κ2) is 10.5. The Hall–Kier alpha value is -3.22. The Kier molecular flexibility index (Phi) is 7.54. The van der Waals surface area contributed by atoms with Crippen LogP contribution in [0.2, 0.25) is 0 Å². The summed E-state index contributed by atoms with van der Waals surface area (Å²) in [4.78, 5) is 18.2. The number of nitrogens with one attached hydrogen (secondary N) is 2. The number of carbonyl (C=O) groups is 1. The molecule has 0 aromatic heterocycles. The highest BCUT2D eigenvalue weighted by Gasteiger charge is 2.20. The van der Waals surface area contributed by atoms with Gasteiger partial charge in [-0.25, -0.2) is 0 Å². The molecule has 1 aliphatic heterocycles. The molecule has 2 aromatic rings. The summed E-state index contributed by atoms with van der Waals surface area (Å²) in [7, 11) is 5.00. The summed E-state index contributed by atoms with van der Waals surface area (Å²) < 4.78 is 10.6. The molecule has 0 saturated carbocycles. The fourth-order valence-electron chi connectivity index (χ4n) is 3.54. The van der Waals surface area contributed by atoms with Gasteiger partial charge in [0.2, 0.25) is 5.91 Å². The van der Waals surface area contributed by atoms with Gasteiger partial charge >= 0.3 is 0 Å². The van der Waals surface area contributed by atoms with Crippen LogP contribution in [-0.2, 0) is 24.4 Å². The zero-order valence-electron chi connectivity index (χ0n) is 17.9. The average molecular weight is 411 g/mol. The minimum absolute atomic E-state index is 0.241. The van der Waals surface area contributed by atoms with E-state index in [1.165, 1.54) is 0 Å². The lowest BCUT2D eigenvalue weighted by Gasteiger charge is -2.19. The minimum atomic E-state index is 0.241. The fraction of sp³-hybridized carbons (Fsp3) is 0.391. The van der Waals surface area contributed by atoms with Gasteiger partial charge in [-0.05, 0) is 35.2 Å². The monoisotopic (exact) mass is 410 g/mol. The summed E-state index contributed by atoms with van der Waals surface area (Å²) in [5.74, 6) is 2.35. The van der Waals surface area contributed by atoms with Crippen LogP contribution in [0.5, 0.6) is 11.5 Å². The van der Waals surface area contributed by atoms with Crippen molar-refractivity contribution in [2.45, 2.75) is 32.5 Å². The summed E-state index contributed by atoms with van der Waals surface area (Å²) in [6.07, 6.45) is 1.61. The molecule has 0 atom stereocenters. The lowest BCUT2D eigenvalue weighted by Crippen LogP contribution is -2.36. The molecular weight excluding hydrogens is 380 g/mol. The molecule has 7 heteroatoms. The van der Waals surface area contributed by atoms with E-state index in [0.717, 1.165) is 29.7 Å². The smallest absolute Gasteiger partial charge is 0.222 e. The molecule has 1 aliphatic rings. The molecule has 1 amide bonds. The summed E-state index contributed by atoms with van der Waals surface area (Å²) in [6.45, 7) is 2.73. The van der Waals surface area contributed by atoms with Crippen molar-refractivity contribution in [1.82, 2.24) is 15.5 Å². The lowest BCUT2D eigenvalue weighted by atomic mass is 10.1. The number of hydrogen-bond donors (Lipinski definition) is 2. The molecule has 2 aromatic carbocycles. The SMILES string of the molecule is CN=C(NCc1ccc(OC)c(OC)c1)NCc1ccccc1CN1CCCC1=O. The maximum atomic E-state index is 12.0. The predicted molar refractivity (Wildman–Crippen MR) is 118 cm³/mol. The molecule has 0 radical (unpaired) electrons. The lowest BCUT2D eigenvalue weighted by molar-refractivity contribution is -0.128. The number of likely N-dealkylation sites (tertiary alicyclic amines) is 1. The van der Waals surface area contributed by atoms with E-state index in [-0.39, 0.29) is 5.91 Å². The average Bonchev–Trinajstić information content (AvgIpc) is 3.18. The molecule has 1 saturated heterocycles. The number of rotatable bonds is 8. The standard InChI is InChI=1S/C23H30N4O3/c1-24-23(25-14-17-10-11-20(29-2)21(13-17)30-3)26-15-18-7-4-5-8-19(18)16-27-12-6-9-22(27)28/h4-5,7-8,10-11,13H,6,9,12,14-16H2,1-3H3,(H2,24,25,26). The maximum Gasteiger partial charge on any atom is 0.222 e. The van der Waals surface area contributed by atoms with Gasteiger partial charge in [0.05, 0.1) is 14.2 Å². The van der Waals surface area contributed by atoms with Gasteiger partial charge < -0.3 is 25.0 Å². The molecule has 0 bridgehead atoms. The molecule has 0 aliphatic carbocycles. The first kappa shape index (κ1) is 21.5. The zero-order valence-corrected chi connectivity index (χ0v) is 17.9. The van der Waals surface area contributed by atoms with E-state index in [4.69, 9.17) is 9.47 Å². The Morgan fingerprint density at radius 1 is 1.03 bits per heavy atom. The van der Waals surface area contributed by atoms with Gasteiger partial charge in [-0.15, -0.1) is 0 Å². The van der Waals surface area contributed by atoms with E-state index in [1.807, 2.05) is 35.2 Å². The van der Waals surface area contributed by atoms with Crippen molar-refractivity contribution in [1.29, 1.82) is 0 Å². The van der Waals surface area contributed by atoms with E-state index >= 15 is 0 Å². The van der Waals surface area contributed by atoms with E-state index in [1.54, 1.807) is 21.3 Å². The molecule has 1 heterocycles. The summed E-state index contributed by atoms with van der Waals surface area (Å²) in [5, 5.41) is 6.69. The fourth-order valence-corrected chi connectivity index (χ4v) is 3.54. The Morgan fingerprint density at radius 3 is 2.43 bits per heavy atom. The maximum absolute atomic E-state index is 12.0. The highest BCUT2D eigenvalue weighted by molar-refractivity contribution is 5.80. The Labute approximate surface area is 178 Å². The van der Waals surface area contributed by atoms with E-state index in [2.05, 4.69) is 27.8 Å². The second-order valence-electron chi connectivity index (χ2n) is 7.16. The van der Waals surface area contributed by atoms with Crippen molar-refractivity contribution in [3.8, 4) is 11.5 Å². The normalized spacial score (nSPS) is 14.0. The Morgan fingerprint density at radius 2 is 1.77 bits per heavy atom.